The molecule has 0 atom stereocenters. The maximum atomic E-state index is 6.57. The van der Waals surface area contributed by atoms with E-state index < -0.39 is 8.56 Å². The monoisotopic (exact) mass is 284 g/mol. The van der Waals surface area contributed by atoms with Gasteiger partial charge in [0.05, 0.1) is 0 Å². The van der Waals surface area contributed by atoms with Gasteiger partial charge in [-0.2, -0.15) is 0 Å². The van der Waals surface area contributed by atoms with Crippen LogP contribution in [0.3, 0.4) is 0 Å². The molecule has 0 saturated heterocycles. The molecule has 2 aliphatic rings. The summed E-state index contributed by atoms with van der Waals surface area (Å²) < 4.78 is 13.1. The van der Waals surface area contributed by atoms with Gasteiger partial charge in [0.1, 0.15) is 0 Å². The summed E-state index contributed by atoms with van der Waals surface area (Å²) in [6, 6.07) is 0. The van der Waals surface area contributed by atoms with Crippen molar-refractivity contribution in [1.29, 1.82) is 0 Å². The van der Waals surface area contributed by atoms with Crippen molar-refractivity contribution in [2.45, 2.75) is 77.3 Å². The number of hydrogen-bond acceptors (Lipinski definition) is 2. The molecule has 0 radical (unpaired) electrons. The van der Waals surface area contributed by atoms with Crippen molar-refractivity contribution in [2.75, 3.05) is 13.2 Å². The van der Waals surface area contributed by atoms with E-state index in [9.17, 15) is 0 Å². The molecule has 0 bridgehead atoms. The second-order valence-electron chi connectivity index (χ2n) is 7.39. The van der Waals surface area contributed by atoms with Crippen LogP contribution in [0.2, 0.25) is 11.1 Å². The summed E-state index contributed by atoms with van der Waals surface area (Å²) >= 11 is 0. The molecule has 2 nitrogen and oxygen atoms in total. The molecule has 2 fully saturated rings. The van der Waals surface area contributed by atoms with E-state index in [2.05, 4.69) is 27.7 Å². The lowest BCUT2D eigenvalue weighted by Crippen LogP contribution is -2.56. The lowest BCUT2D eigenvalue weighted by Gasteiger charge is -2.49. The topological polar surface area (TPSA) is 18.5 Å². The summed E-state index contributed by atoms with van der Waals surface area (Å²) in [7, 11) is -1.95. The standard InChI is InChI=1S/C16H32O2Si/c1-13(2)11-17-19(15-7-5-8-15,16-9-6-10-16)18-12-14(3)4/h13-16H,5-12H2,1-4H3. The van der Waals surface area contributed by atoms with Gasteiger partial charge in [-0.05, 0) is 37.5 Å². The Balaban J connectivity index is 2.05. The van der Waals surface area contributed by atoms with E-state index in [-0.39, 0.29) is 0 Å². The molecule has 2 aliphatic carbocycles. The van der Waals surface area contributed by atoms with Crippen molar-refractivity contribution in [3.63, 3.8) is 0 Å². The van der Waals surface area contributed by atoms with Crippen LogP contribution in [0.5, 0.6) is 0 Å². The van der Waals surface area contributed by atoms with Crippen LogP contribution in [-0.2, 0) is 8.85 Å². The van der Waals surface area contributed by atoms with Gasteiger partial charge in [0.25, 0.3) is 0 Å². The minimum atomic E-state index is -1.95. The zero-order valence-electron chi connectivity index (χ0n) is 13.3. The first-order valence-electron chi connectivity index (χ1n) is 8.32. The van der Waals surface area contributed by atoms with Gasteiger partial charge >= 0.3 is 8.56 Å². The highest BCUT2D eigenvalue weighted by Crippen LogP contribution is 2.54. The molecule has 0 spiro atoms. The van der Waals surface area contributed by atoms with Crippen LogP contribution in [0, 0.1) is 11.8 Å². The maximum absolute atomic E-state index is 6.57. The minimum absolute atomic E-state index is 0.620. The Morgan fingerprint density at radius 3 is 1.37 bits per heavy atom. The van der Waals surface area contributed by atoms with Gasteiger partial charge in [-0.3, -0.25) is 0 Å². The second-order valence-corrected chi connectivity index (χ2v) is 11.0. The van der Waals surface area contributed by atoms with Crippen molar-refractivity contribution in [3.8, 4) is 0 Å². The van der Waals surface area contributed by atoms with Gasteiger partial charge in [0.2, 0.25) is 0 Å². The molecule has 0 aromatic carbocycles. The zero-order chi connectivity index (χ0) is 13.9. The van der Waals surface area contributed by atoms with E-state index in [1.807, 2.05) is 0 Å². The summed E-state index contributed by atoms with van der Waals surface area (Å²) in [5.41, 5.74) is 1.57. The highest BCUT2D eigenvalue weighted by Gasteiger charge is 2.56. The van der Waals surface area contributed by atoms with E-state index in [1.54, 1.807) is 0 Å². The van der Waals surface area contributed by atoms with Crippen LogP contribution in [0.1, 0.15) is 66.2 Å². The summed E-state index contributed by atoms with van der Waals surface area (Å²) in [5.74, 6) is 1.24. The molecule has 0 aliphatic heterocycles. The first-order chi connectivity index (χ1) is 9.04. The molecule has 0 aromatic heterocycles. The first kappa shape index (κ1) is 15.5. The number of rotatable bonds is 8. The predicted molar refractivity (Wildman–Crippen MR) is 82.5 cm³/mol. The highest BCUT2D eigenvalue weighted by atomic mass is 28.4. The average molecular weight is 285 g/mol. The Hall–Kier alpha value is 0.137. The van der Waals surface area contributed by atoms with Crippen LogP contribution in [-0.4, -0.2) is 21.8 Å². The predicted octanol–water partition coefficient (Wildman–Crippen LogP) is 4.88. The largest absolute Gasteiger partial charge is 0.394 e. The Labute approximate surface area is 120 Å². The summed E-state index contributed by atoms with van der Waals surface area (Å²) in [6.07, 6.45) is 8.22. The SMILES string of the molecule is CC(C)CO[Si](OCC(C)C)(C1CCC1)C1CCC1. The Bertz CT molecular complexity index is 242. The lowest BCUT2D eigenvalue weighted by atomic mass is 9.98. The zero-order valence-corrected chi connectivity index (χ0v) is 14.3. The van der Waals surface area contributed by atoms with Crippen molar-refractivity contribution in [1.82, 2.24) is 0 Å². The highest BCUT2D eigenvalue weighted by molar-refractivity contribution is 6.71. The summed E-state index contributed by atoms with van der Waals surface area (Å²) in [6.45, 7) is 10.8. The Morgan fingerprint density at radius 2 is 1.16 bits per heavy atom. The van der Waals surface area contributed by atoms with Gasteiger partial charge in [0.15, 0.2) is 0 Å². The molecule has 2 saturated carbocycles. The van der Waals surface area contributed by atoms with Crippen molar-refractivity contribution in [3.05, 3.63) is 0 Å². The van der Waals surface area contributed by atoms with Crippen LogP contribution < -0.4 is 0 Å². The van der Waals surface area contributed by atoms with Crippen molar-refractivity contribution >= 4 is 8.56 Å². The smallest absolute Gasteiger partial charge is 0.344 e. The molecule has 2 rings (SSSR count). The van der Waals surface area contributed by atoms with E-state index in [1.165, 1.54) is 38.5 Å². The molecule has 0 N–H and O–H groups in total. The summed E-state index contributed by atoms with van der Waals surface area (Å²) in [4.78, 5) is 0. The maximum Gasteiger partial charge on any atom is 0.344 e. The van der Waals surface area contributed by atoms with Gasteiger partial charge in [-0.1, -0.05) is 40.5 Å². The summed E-state index contributed by atoms with van der Waals surface area (Å²) in [5, 5.41) is 0. The molecule has 0 amide bonds. The molecule has 3 heteroatoms. The van der Waals surface area contributed by atoms with Gasteiger partial charge in [-0.25, -0.2) is 0 Å². The second kappa shape index (κ2) is 6.73. The fourth-order valence-corrected chi connectivity index (χ4v) is 8.37. The third-order valence-corrected chi connectivity index (χ3v) is 9.30. The van der Waals surface area contributed by atoms with Gasteiger partial charge in [0, 0.05) is 24.3 Å². The molecule has 0 aromatic rings. The van der Waals surface area contributed by atoms with Crippen LogP contribution in [0.15, 0.2) is 0 Å². The molecular formula is C16H32O2Si. The normalized spacial score (nSPS) is 21.8. The van der Waals surface area contributed by atoms with E-state index in [0.29, 0.717) is 11.8 Å². The first-order valence-corrected chi connectivity index (χ1v) is 10.3. The van der Waals surface area contributed by atoms with Crippen molar-refractivity contribution in [2.24, 2.45) is 11.8 Å². The van der Waals surface area contributed by atoms with E-state index in [0.717, 1.165) is 24.3 Å². The molecule has 19 heavy (non-hydrogen) atoms. The Morgan fingerprint density at radius 1 is 0.789 bits per heavy atom. The fourth-order valence-electron chi connectivity index (χ4n) is 3.06. The minimum Gasteiger partial charge on any atom is -0.394 e. The van der Waals surface area contributed by atoms with Crippen LogP contribution >= 0.6 is 0 Å². The van der Waals surface area contributed by atoms with Gasteiger partial charge < -0.3 is 8.85 Å². The lowest BCUT2D eigenvalue weighted by molar-refractivity contribution is 0.100. The number of hydrogen-bond donors (Lipinski definition) is 0. The van der Waals surface area contributed by atoms with E-state index >= 15 is 0 Å². The average Bonchev–Trinajstić information content (AvgIpc) is 2.18. The Kier molecular flexibility index (Phi) is 5.50. The molecule has 0 unspecified atom stereocenters. The van der Waals surface area contributed by atoms with Crippen molar-refractivity contribution < 1.29 is 8.85 Å². The fraction of sp³-hybridized carbons (Fsp3) is 1.00. The quantitative estimate of drug-likeness (QED) is 0.591. The third-order valence-electron chi connectivity index (χ3n) is 4.63. The molecule has 0 heterocycles. The third kappa shape index (κ3) is 3.62. The molecule has 112 valence electrons. The van der Waals surface area contributed by atoms with E-state index in [4.69, 9.17) is 8.85 Å². The molecular weight excluding hydrogens is 252 g/mol. The van der Waals surface area contributed by atoms with Gasteiger partial charge in [-0.15, -0.1) is 0 Å². The van der Waals surface area contributed by atoms with Crippen LogP contribution in [0.4, 0.5) is 0 Å². The van der Waals surface area contributed by atoms with Crippen LogP contribution in [0.25, 0.3) is 0 Å².